The molecule has 0 saturated heterocycles. The molecular weight excluding hydrogens is 420 g/mol. The molecule has 0 amide bonds. The second-order valence-electron chi connectivity index (χ2n) is 7.25. The Bertz CT molecular complexity index is 1260. The Kier molecular flexibility index (Phi) is 6.65. The number of ketones is 1. The van der Waals surface area contributed by atoms with Gasteiger partial charge >= 0.3 is 0 Å². The van der Waals surface area contributed by atoms with Crippen LogP contribution in [-0.2, 0) is 13.2 Å². The van der Waals surface area contributed by atoms with Crippen molar-refractivity contribution >= 4 is 17.5 Å². The van der Waals surface area contributed by atoms with Crippen LogP contribution in [0.15, 0.2) is 91.1 Å². The molecule has 0 atom stereocenters. The van der Waals surface area contributed by atoms with Gasteiger partial charge in [0, 0.05) is 17.7 Å². The summed E-state index contributed by atoms with van der Waals surface area (Å²) in [5.41, 5.74) is 3.03. The minimum absolute atomic E-state index is 0.0511. The molecule has 0 aliphatic rings. The summed E-state index contributed by atoms with van der Waals surface area (Å²) in [6.07, 6.45) is 4.97. The number of nitrogens with zero attached hydrogens (tertiary/aromatic N) is 4. The van der Waals surface area contributed by atoms with E-state index in [9.17, 15) is 14.9 Å². The number of ether oxygens (including phenoxy) is 1. The average Bonchev–Trinajstić information content (AvgIpc) is 3.29. The maximum absolute atomic E-state index is 12.2. The Morgan fingerprint density at radius 3 is 2.42 bits per heavy atom. The van der Waals surface area contributed by atoms with Gasteiger partial charge in [0.25, 0.3) is 5.69 Å². The van der Waals surface area contributed by atoms with E-state index in [1.807, 2.05) is 60.8 Å². The zero-order chi connectivity index (χ0) is 23.0. The van der Waals surface area contributed by atoms with Crippen molar-refractivity contribution in [2.75, 3.05) is 0 Å². The number of benzene rings is 3. The lowest BCUT2D eigenvalue weighted by Crippen LogP contribution is -2.00. The average molecular weight is 440 g/mol. The molecule has 0 saturated carbocycles. The lowest BCUT2D eigenvalue weighted by Gasteiger charge is -2.04. The minimum Gasteiger partial charge on any atom is -0.487 e. The monoisotopic (exact) mass is 440 g/mol. The zero-order valence-corrected chi connectivity index (χ0v) is 17.6. The predicted octanol–water partition coefficient (Wildman–Crippen LogP) is 4.71. The lowest BCUT2D eigenvalue weighted by molar-refractivity contribution is -0.384. The Labute approximate surface area is 189 Å². The minimum atomic E-state index is -0.499. The van der Waals surface area contributed by atoms with E-state index in [2.05, 4.69) is 10.3 Å². The molecule has 0 radical (unpaired) electrons. The maximum Gasteiger partial charge on any atom is 0.269 e. The second kappa shape index (κ2) is 10.1. The van der Waals surface area contributed by atoms with Gasteiger partial charge in [-0.25, -0.2) is 4.68 Å². The van der Waals surface area contributed by atoms with Gasteiger partial charge in [-0.2, -0.15) is 0 Å². The molecular formula is C25H20N4O4. The molecule has 0 unspecified atom stereocenters. The normalized spacial score (nSPS) is 10.9. The van der Waals surface area contributed by atoms with E-state index < -0.39 is 4.92 Å². The van der Waals surface area contributed by atoms with Gasteiger partial charge in [0.15, 0.2) is 5.78 Å². The third kappa shape index (κ3) is 5.98. The van der Waals surface area contributed by atoms with Gasteiger partial charge in [0.1, 0.15) is 18.1 Å². The van der Waals surface area contributed by atoms with Gasteiger partial charge in [-0.3, -0.25) is 14.9 Å². The number of hydrogen-bond acceptors (Lipinski definition) is 6. The highest BCUT2D eigenvalue weighted by Crippen LogP contribution is 2.16. The van der Waals surface area contributed by atoms with Crippen molar-refractivity contribution in [1.29, 1.82) is 0 Å². The third-order valence-electron chi connectivity index (χ3n) is 4.83. The number of non-ortho nitro benzene ring substituents is 1. The highest BCUT2D eigenvalue weighted by atomic mass is 16.6. The van der Waals surface area contributed by atoms with Crippen LogP contribution in [0, 0.1) is 10.1 Å². The molecule has 3 aromatic carbocycles. The SMILES string of the molecule is O=C(/C=C/c1ccc(OCc2cn(Cc3ccccc3)nn2)cc1)c1ccc([N+](=O)[O-])cc1. The Morgan fingerprint density at radius 2 is 1.73 bits per heavy atom. The smallest absolute Gasteiger partial charge is 0.269 e. The molecule has 0 spiro atoms. The summed E-state index contributed by atoms with van der Waals surface area (Å²) >= 11 is 0. The third-order valence-corrected chi connectivity index (χ3v) is 4.83. The molecule has 0 aliphatic carbocycles. The molecule has 8 heteroatoms. The summed E-state index contributed by atoms with van der Waals surface area (Å²) in [6.45, 7) is 0.941. The summed E-state index contributed by atoms with van der Waals surface area (Å²) in [7, 11) is 0. The lowest BCUT2D eigenvalue weighted by atomic mass is 10.1. The van der Waals surface area contributed by atoms with Crippen molar-refractivity contribution in [2.45, 2.75) is 13.2 Å². The molecule has 1 aromatic heterocycles. The Hall–Kier alpha value is -4.59. The van der Waals surface area contributed by atoms with Crippen molar-refractivity contribution in [3.05, 3.63) is 124 Å². The van der Waals surface area contributed by atoms with Gasteiger partial charge in [0.05, 0.1) is 17.7 Å². The number of hydrogen-bond donors (Lipinski definition) is 0. The van der Waals surface area contributed by atoms with Gasteiger partial charge in [-0.15, -0.1) is 5.10 Å². The summed E-state index contributed by atoms with van der Waals surface area (Å²) in [5, 5.41) is 19.0. The van der Waals surface area contributed by atoms with Crippen LogP contribution < -0.4 is 4.74 Å². The second-order valence-corrected chi connectivity index (χ2v) is 7.25. The van der Waals surface area contributed by atoms with Crippen LogP contribution in [0.3, 0.4) is 0 Å². The van der Waals surface area contributed by atoms with Gasteiger partial charge in [-0.05, 0) is 41.5 Å². The molecule has 33 heavy (non-hydrogen) atoms. The molecule has 0 N–H and O–H groups in total. The van der Waals surface area contributed by atoms with Crippen molar-refractivity contribution in [2.24, 2.45) is 0 Å². The highest BCUT2D eigenvalue weighted by molar-refractivity contribution is 6.06. The molecule has 4 aromatic rings. The van der Waals surface area contributed by atoms with E-state index in [0.717, 1.165) is 16.8 Å². The molecule has 4 rings (SSSR count). The summed E-state index contributed by atoms with van der Waals surface area (Å²) in [4.78, 5) is 22.5. The molecule has 0 fully saturated rings. The van der Waals surface area contributed by atoms with Crippen LogP contribution in [0.25, 0.3) is 6.08 Å². The maximum atomic E-state index is 12.2. The first kappa shape index (κ1) is 21.6. The first-order valence-corrected chi connectivity index (χ1v) is 10.2. The molecule has 1 heterocycles. The summed E-state index contributed by atoms with van der Waals surface area (Å²) < 4.78 is 7.54. The fraction of sp³-hybridized carbons (Fsp3) is 0.0800. The van der Waals surface area contributed by atoms with Gasteiger partial charge in [-0.1, -0.05) is 53.8 Å². The van der Waals surface area contributed by atoms with E-state index in [-0.39, 0.29) is 11.5 Å². The summed E-state index contributed by atoms with van der Waals surface area (Å²) in [6, 6.07) is 22.8. The van der Waals surface area contributed by atoms with Crippen LogP contribution >= 0.6 is 0 Å². The van der Waals surface area contributed by atoms with E-state index in [4.69, 9.17) is 4.74 Å². The summed E-state index contributed by atoms with van der Waals surface area (Å²) in [5.74, 6) is 0.440. The van der Waals surface area contributed by atoms with E-state index in [1.165, 1.54) is 30.3 Å². The largest absolute Gasteiger partial charge is 0.487 e. The first-order valence-electron chi connectivity index (χ1n) is 10.2. The Morgan fingerprint density at radius 1 is 1.00 bits per heavy atom. The quantitative estimate of drug-likeness (QED) is 0.162. The Balaban J connectivity index is 1.29. The first-order chi connectivity index (χ1) is 16.1. The number of nitro groups is 1. The van der Waals surface area contributed by atoms with Gasteiger partial charge in [0.2, 0.25) is 0 Å². The fourth-order valence-electron chi connectivity index (χ4n) is 3.10. The number of rotatable bonds is 9. The standard InChI is InChI=1S/C25H20N4O4/c30-25(21-9-11-23(12-10-21)29(31)32)15-8-19-6-13-24(14-7-19)33-18-22-17-28(27-26-22)16-20-4-2-1-3-5-20/h1-15,17H,16,18H2/b15-8+. The van der Waals surface area contributed by atoms with Crippen molar-refractivity contribution < 1.29 is 14.5 Å². The number of carbonyl (C=O) groups excluding carboxylic acids is 1. The van der Waals surface area contributed by atoms with Crippen LogP contribution in [0.4, 0.5) is 5.69 Å². The fourth-order valence-corrected chi connectivity index (χ4v) is 3.10. The van der Waals surface area contributed by atoms with Crippen LogP contribution in [0.5, 0.6) is 5.75 Å². The van der Waals surface area contributed by atoms with Crippen LogP contribution in [-0.4, -0.2) is 25.7 Å². The van der Waals surface area contributed by atoms with E-state index in [0.29, 0.717) is 24.5 Å². The predicted molar refractivity (Wildman–Crippen MR) is 123 cm³/mol. The van der Waals surface area contributed by atoms with Crippen molar-refractivity contribution in [3.8, 4) is 5.75 Å². The van der Waals surface area contributed by atoms with Gasteiger partial charge < -0.3 is 4.74 Å². The molecule has 8 nitrogen and oxygen atoms in total. The van der Waals surface area contributed by atoms with Crippen LogP contribution in [0.2, 0.25) is 0 Å². The molecule has 0 bridgehead atoms. The van der Waals surface area contributed by atoms with E-state index >= 15 is 0 Å². The van der Waals surface area contributed by atoms with Crippen molar-refractivity contribution in [1.82, 2.24) is 15.0 Å². The number of nitro benzene ring substituents is 1. The zero-order valence-electron chi connectivity index (χ0n) is 17.6. The molecule has 164 valence electrons. The van der Waals surface area contributed by atoms with Crippen molar-refractivity contribution in [3.63, 3.8) is 0 Å². The number of aromatic nitrogens is 3. The molecule has 0 aliphatic heterocycles. The van der Waals surface area contributed by atoms with E-state index in [1.54, 1.807) is 10.8 Å². The van der Waals surface area contributed by atoms with Crippen LogP contribution in [0.1, 0.15) is 27.2 Å². The number of allylic oxidation sites excluding steroid dienone is 1. The highest BCUT2D eigenvalue weighted by Gasteiger charge is 2.07. The topological polar surface area (TPSA) is 100 Å². The number of carbonyl (C=O) groups is 1.